The van der Waals surface area contributed by atoms with Crippen molar-refractivity contribution >= 4 is 26.6 Å². The zero-order chi connectivity index (χ0) is 23.8. The number of nitrogens with one attached hydrogen (secondary N) is 3. The van der Waals surface area contributed by atoms with Crippen LogP contribution in [0.25, 0.3) is 0 Å². The summed E-state index contributed by atoms with van der Waals surface area (Å²) < 4.78 is 17.8. The average Bonchev–Trinajstić information content (AvgIpc) is 2.71. The molecule has 0 aromatic carbocycles. The molecule has 0 bridgehead atoms. The van der Waals surface area contributed by atoms with Crippen LogP contribution in [0, 0.1) is 0 Å². The van der Waals surface area contributed by atoms with Crippen molar-refractivity contribution in [3.05, 3.63) is 0 Å². The van der Waals surface area contributed by atoms with E-state index >= 15 is 0 Å². The van der Waals surface area contributed by atoms with Gasteiger partial charge in [-0.1, -0.05) is 0 Å². The van der Waals surface area contributed by atoms with E-state index in [1.165, 1.54) is 0 Å². The summed E-state index contributed by atoms with van der Waals surface area (Å²) in [5.41, 5.74) is 0. The number of likely N-dealkylation sites (N-methyl/N-ethyl adjacent to an activating group) is 2. The highest BCUT2D eigenvalue weighted by atomic mass is 28.4. The predicted octanol–water partition coefficient (Wildman–Crippen LogP) is 1.67. The molecule has 32 heavy (non-hydrogen) atoms. The quantitative estimate of drug-likeness (QED) is 0.202. The first-order valence-electron chi connectivity index (χ1n) is 11.5. The summed E-state index contributed by atoms with van der Waals surface area (Å²) in [7, 11) is 5.50. The molecule has 0 fully saturated rings. The lowest BCUT2D eigenvalue weighted by atomic mass is 10.5. The molecule has 1 aromatic rings. The van der Waals surface area contributed by atoms with Crippen molar-refractivity contribution in [1.29, 1.82) is 0 Å². The third kappa shape index (κ3) is 11.9. The Balaban J connectivity index is 2.74. The topological polar surface area (TPSA) is 109 Å². The molecule has 0 saturated heterocycles. The summed E-state index contributed by atoms with van der Waals surface area (Å²) >= 11 is 0. The maximum Gasteiger partial charge on any atom is 0.500 e. The summed E-state index contributed by atoms with van der Waals surface area (Å²) in [6.45, 7) is 11.6. The highest BCUT2D eigenvalue weighted by molar-refractivity contribution is 6.60. The summed E-state index contributed by atoms with van der Waals surface area (Å²) in [6, 6.07) is 0.739. The van der Waals surface area contributed by atoms with E-state index in [9.17, 15) is 0 Å². The van der Waals surface area contributed by atoms with Gasteiger partial charge in [-0.3, -0.25) is 0 Å². The third-order valence-corrected chi connectivity index (χ3v) is 7.51. The fraction of sp³-hybridized carbons (Fsp3) is 0.850. The van der Waals surface area contributed by atoms with Crippen molar-refractivity contribution in [3.63, 3.8) is 0 Å². The highest BCUT2D eigenvalue weighted by Crippen LogP contribution is 2.18. The van der Waals surface area contributed by atoms with Crippen molar-refractivity contribution in [3.8, 4) is 0 Å². The first-order chi connectivity index (χ1) is 15.3. The van der Waals surface area contributed by atoms with Crippen LogP contribution in [-0.4, -0.2) is 114 Å². The van der Waals surface area contributed by atoms with E-state index in [1.54, 1.807) is 0 Å². The van der Waals surface area contributed by atoms with Gasteiger partial charge >= 0.3 is 8.80 Å². The SMILES string of the molecule is CCO[Si](CCCNc1nc(NCCN(C)C)nc(NCCN(C)C)n1)(OCC)OCC. The molecule has 1 heterocycles. The normalized spacial score (nSPS) is 11.9. The minimum Gasteiger partial charge on any atom is -0.374 e. The first kappa shape index (κ1) is 28.5. The Kier molecular flexibility index (Phi) is 14.3. The van der Waals surface area contributed by atoms with E-state index in [4.69, 9.17) is 13.3 Å². The third-order valence-electron chi connectivity index (χ3n) is 4.36. The fourth-order valence-corrected chi connectivity index (χ4v) is 5.51. The van der Waals surface area contributed by atoms with Crippen molar-refractivity contribution < 1.29 is 13.3 Å². The Hall–Kier alpha value is -1.57. The number of hydrogen-bond acceptors (Lipinski definition) is 11. The molecule has 0 aliphatic carbocycles. The van der Waals surface area contributed by atoms with Gasteiger partial charge in [0.05, 0.1) is 0 Å². The predicted molar refractivity (Wildman–Crippen MR) is 132 cm³/mol. The largest absolute Gasteiger partial charge is 0.500 e. The molecule has 1 aromatic heterocycles. The summed E-state index contributed by atoms with van der Waals surface area (Å²) in [5, 5.41) is 9.86. The smallest absolute Gasteiger partial charge is 0.374 e. The summed E-state index contributed by atoms with van der Waals surface area (Å²) in [5.74, 6) is 1.65. The Morgan fingerprint density at radius 2 is 1.03 bits per heavy atom. The number of aromatic nitrogens is 3. The van der Waals surface area contributed by atoms with Gasteiger partial charge in [0, 0.05) is 58.6 Å². The van der Waals surface area contributed by atoms with Crippen LogP contribution in [-0.2, 0) is 13.3 Å². The highest BCUT2D eigenvalue weighted by Gasteiger charge is 2.39. The van der Waals surface area contributed by atoms with Gasteiger partial charge in [-0.2, -0.15) is 15.0 Å². The number of hydrogen-bond donors (Lipinski definition) is 3. The molecule has 186 valence electrons. The van der Waals surface area contributed by atoms with Crippen LogP contribution in [0.1, 0.15) is 27.2 Å². The molecule has 3 N–H and O–H groups in total. The van der Waals surface area contributed by atoms with E-state index in [2.05, 4.69) is 40.7 Å². The number of nitrogens with zero attached hydrogens (tertiary/aromatic N) is 5. The van der Waals surface area contributed by atoms with Gasteiger partial charge in [0.2, 0.25) is 17.8 Å². The van der Waals surface area contributed by atoms with Crippen LogP contribution in [0.4, 0.5) is 17.8 Å². The minimum atomic E-state index is -2.64. The van der Waals surface area contributed by atoms with Crippen LogP contribution < -0.4 is 16.0 Å². The van der Waals surface area contributed by atoms with Crippen molar-refractivity contribution in [2.75, 3.05) is 96.7 Å². The van der Waals surface area contributed by atoms with Crippen LogP contribution in [0.3, 0.4) is 0 Å². The molecule has 0 amide bonds. The zero-order valence-electron chi connectivity index (χ0n) is 21.0. The molecule has 0 atom stereocenters. The van der Waals surface area contributed by atoms with Gasteiger partial charge in [0.15, 0.2) is 0 Å². The lowest BCUT2D eigenvalue weighted by Crippen LogP contribution is -2.46. The second-order valence-corrected chi connectivity index (χ2v) is 10.5. The molecule has 0 aliphatic heterocycles. The van der Waals surface area contributed by atoms with Crippen LogP contribution in [0.15, 0.2) is 0 Å². The van der Waals surface area contributed by atoms with Gasteiger partial charge in [-0.15, -0.1) is 0 Å². The first-order valence-corrected chi connectivity index (χ1v) is 13.5. The molecule has 11 nitrogen and oxygen atoms in total. The second-order valence-electron chi connectivity index (χ2n) is 7.78. The van der Waals surface area contributed by atoms with Crippen molar-refractivity contribution in [1.82, 2.24) is 24.8 Å². The van der Waals surface area contributed by atoms with Gasteiger partial charge < -0.3 is 39.0 Å². The maximum absolute atomic E-state index is 5.93. The van der Waals surface area contributed by atoms with Crippen molar-refractivity contribution in [2.24, 2.45) is 0 Å². The monoisotopic (exact) mass is 472 g/mol. The standard InChI is InChI=1S/C20H44N8O3Si/c1-8-29-32(30-9-2,31-10-3)17-11-12-21-18-24-19(22-13-15-27(4)5)26-20(25-18)23-14-16-28(6)7/h8-17H2,1-7H3,(H3,21,22,23,24,25,26). The Bertz CT molecular complexity index is 575. The molecular weight excluding hydrogens is 428 g/mol. The second kappa shape index (κ2) is 16.1. The van der Waals surface area contributed by atoms with Crippen LogP contribution in [0.2, 0.25) is 6.04 Å². The van der Waals surface area contributed by atoms with Crippen molar-refractivity contribution in [2.45, 2.75) is 33.2 Å². The van der Waals surface area contributed by atoms with E-state index in [0.717, 1.165) is 38.6 Å². The lowest BCUT2D eigenvalue weighted by molar-refractivity contribution is 0.0710. The van der Waals surface area contributed by atoms with Gasteiger partial charge in [-0.25, -0.2) is 0 Å². The Morgan fingerprint density at radius 3 is 1.38 bits per heavy atom. The fourth-order valence-electron chi connectivity index (χ4n) is 2.90. The van der Waals surface area contributed by atoms with E-state index in [0.29, 0.717) is 44.2 Å². The molecule has 0 radical (unpaired) electrons. The molecule has 0 spiro atoms. The molecule has 0 unspecified atom stereocenters. The molecule has 12 heteroatoms. The molecule has 1 rings (SSSR count). The van der Waals surface area contributed by atoms with Crippen LogP contribution in [0.5, 0.6) is 0 Å². The zero-order valence-corrected chi connectivity index (χ0v) is 22.0. The number of rotatable bonds is 19. The number of anilines is 3. The van der Waals surface area contributed by atoms with Crippen LogP contribution >= 0.6 is 0 Å². The van der Waals surface area contributed by atoms with Gasteiger partial charge in [-0.05, 0) is 55.4 Å². The lowest BCUT2D eigenvalue weighted by Gasteiger charge is -2.28. The van der Waals surface area contributed by atoms with Gasteiger partial charge in [0.25, 0.3) is 0 Å². The minimum absolute atomic E-state index is 0.538. The molecule has 0 aliphatic rings. The summed E-state index contributed by atoms with van der Waals surface area (Å²) in [4.78, 5) is 17.7. The van der Waals surface area contributed by atoms with E-state index < -0.39 is 8.80 Å². The maximum atomic E-state index is 5.93. The van der Waals surface area contributed by atoms with E-state index in [-0.39, 0.29) is 0 Å². The average molecular weight is 473 g/mol. The Labute approximate surface area is 195 Å². The molecule has 0 saturated carbocycles. The summed E-state index contributed by atoms with van der Waals surface area (Å²) in [6.07, 6.45) is 0.824. The van der Waals surface area contributed by atoms with Gasteiger partial charge in [0.1, 0.15) is 0 Å². The van der Waals surface area contributed by atoms with E-state index in [1.807, 2.05) is 49.0 Å². The molecular formula is C20H44N8O3Si. The Morgan fingerprint density at radius 1 is 0.656 bits per heavy atom.